The maximum atomic E-state index is 13.4. The van der Waals surface area contributed by atoms with Gasteiger partial charge in [0.05, 0.1) is 17.4 Å². The summed E-state index contributed by atoms with van der Waals surface area (Å²) in [7, 11) is 0. The average Bonchev–Trinajstić information content (AvgIpc) is 2.33. The lowest BCUT2D eigenvalue weighted by atomic mass is 10.2. The Morgan fingerprint density at radius 3 is 2.72 bits per heavy atom. The highest BCUT2D eigenvalue weighted by Gasteiger charge is 2.12. The summed E-state index contributed by atoms with van der Waals surface area (Å²) in [6.45, 7) is 0. The third-order valence-electron chi connectivity index (χ3n) is 2.20. The monoisotopic (exact) mass is 372 g/mol. The summed E-state index contributed by atoms with van der Waals surface area (Å²) in [4.78, 5) is 15.5. The maximum Gasteiger partial charge on any atom is 0.258 e. The van der Waals surface area contributed by atoms with Gasteiger partial charge in [0.15, 0.2) is 5.82 Å². The second kappa shape index (κ2) is 5.58. The molecule has 2 rings (SSSR count). The van der Waals surface area contributed by atoms with Crippen molar-refractivity contribution in [1.82, 2.24) is 4.98 Å². The lowest BCUT2D eigenvalue weighted by Crippen LogP contribution is -2.14. The molecule has 0 unspecified atom stereocenters. The van der Waals surface area contributed by atoms with Crippen LogP contribution in [0, 0.1) is 5.82 Å². The Kier molecular flexibility index (Phi) is 4.08. The lowest BCUT2D eigenvalue weighted by molar-refractivity contribution is 0.102. The molecule has 3 nitrogen and oxygen atoms in total. The van der Waals surface area contributed by atoms with Gasteiger partial charge in [-0.2, -0.15) is 0 Å². The topological polar surface area (TPSA) is 42.0 Å². The van der Waals surface area contributed by atoms with Gasteiger partial charge in [-0.15, -0.1) is 0 Å². The van der Waals surface area contributed by atoms with Gasteiger partial charge < -0.3 is 5.32 Å². The number of carbonyl (C=O) groups excluding carboxylic acids is 1. The van der Waals surface area contributed by atoms with Gasteiger partial charge in [0.25, 0.3) is 5.91 Å². The summed E-state index contributed by atoms with van der Waals surface area (Å²) < 4.78 is 15.0. The van der Waals surface area contributed by atoms with Crippen LogP contribution in [0.2, 0.25) is 0 Å². The van der Waals surface area contributed by atoms with Gasteiger partial charge in [-0.1, -0.05) is 15.9 Å². The number of anilines is 1. The number of hydrogen-bond acceptors (Lipinski definition) is 2. The molecule has 1 amide bonds. The van der Waals surface area contributed by atoms with Crippen molar-refractivity contribution in [3.05, 3.63) is 57.0 Å². The molecule has 0 spiro atoms. The van der Waals surface area contributed by atoms with Crippen LogP contribution in [-0.2, 0) is 0 Å². The molecule has 0 saturated carbocycles. The Hall–Kier alpha value is -1.27. The van der Waals surface area contributed by atoms with Gasteiger partial charge >= 0.3 is 0 Å². The number of amides is 1. The highest BCUT2D eigenvalue weighted by Crippen LogP contribution is 2.26. The first-order chi connectivity index (χ1) is 8.58. The second-order valence-electron chi connectivity index (χ2n) is 3.43. The molecule has 18 heavy (non-hydrogen) atoms. The van der Waals surface area contributed by atoms with Gasteiger partial charge in [0, 0.05) is 15.1 Å². The molecular weight excluding hydrogens is 367 g/mol. The van der Waals surface area contributed by atoms with E-state index in [-0.39, 0.29) is 5.56 Å². The zero-order chi connectivity index (χ0) is 13.1. The quantitative estimate of drug-likeness (QED) is 0.864. The zero-order valence-electron chi connectivity index (χ0n) is 8.95. The van der Waals surface area contributed by atoms with Crippen molar-refractivity contribution in [3.8, 4) is 0 Å². The minimum absolute atomic E-state index is 0.0418. The Labute approximate surface area is 120 Å². The molecule has 1 aromatic heterocycles. The predicted molar refractivity (Wildman–Crippen MR) is 74.0 cm³/mol. The number of pyridine rings is 1. The summed E-state index contributed by atoms with van der Waals surface area (Å²) in [6.07, 6.45) is 2.38. The first-order valence-corrected chi connectivity index (χ1v) is 6.52. The molecule has 0 aliphatic rings. The van der Waals surface area contributed by atoms with E-state index < -0.39 is 11.7 Å². The third kappa shape index (κ3) is 2.94. The number of carbonyl (C=O) groups is 1. The summed E-state index contributed by atoms with van der Waals surface area (Å²) >= 11 is 6.62. The molecule has 92 valence electrons. The minimum Gasteiger partial charge on any atom is -0.321 e. The molecule has 0 bridgehead atoms. The third-order valence-corrected chi connectivity index (χ3v) is 3.35. The molecular formula is C12H7Br2FN2O. The van der Waals surface area contributed by atoms with Crippen LogP contribution in [0.5, 0.6) is 0 Å². The largest absolute Gasteiger partial charge is 0.321 e. The fourth-order valence-electron chi connectivity index (χ4n) is 1.34. The van der Waals surface area contributed by atoms with Crippen LogP contribution in [0.15, 0.2) is 45.6 Å². The van der Waals surface area contributed by atoms with Crippen LogP contribution < -0.4 is 5.32 Å². The number of halogens is 3. The molecule has 1 N–H and O–H groups in total. The molecule has 0 radical (unpaired) electrons. The minimum atomic E-state index is -0.650. The number of nitrogens with zero attached hydrogens (tertiary/aromatic N) is 1. The van der Waals surface area contributed by atoms with Crippen molar-refractivity contribution in [2.75, 3.05) is 5.32 Å². The summed E-state index contributed by atoms with van der Waals surface area (Å²) in [6, 6.07) is 6.62. The van der Waals surface area contributed by atoms with E-state index in [0.29, 0.717) is 10.2 Å². The summed E-state index contributed by atoms with van der Waals surface area (Å²) in [5.41, 5.74) is 0.527. The van der Waals surface area contributed by atoms with E-state index in [2.05, 4.69) is 42.2 Å². The molecule has 0 saturated heterocycles. The Balaban J connectivity index is 2.24. The predicted octanol–water partition coefficient (Wildman–Crippen LogP) is 4.00. The van der Waals surface area contributed by atoms with Gasteiger partial charge in [-0.05, 0) is 40.2 Å². The molecule has 1 aromatic carbocycles. The van der Waals surface area contributed by atoms with E-state index in [9.17, 15) is 9.18 Å². The summed E-state index contributed by atoms with van der Waals surface area (Å²) in [5, 5.41) is 2.62. The van der Waals surface area contributed by atoms with Crippen LogP contribution >= 0.6 is 31.9 Å². The molecule has 1 heterocycles. The molecule has 0 atom stereocenters. The van der Waals surface area contributed by atoms with E-state index in [4.69, 9.17) is 0 Å². The number of hydrogen-bond donors (Lipinski definition) is 1. The molecule has 0 aliphatic carbocycles. The van der Waals surface area contributed by atoms with Crippen molar-refractivity contribution >= 4 is 43.5 Å². The maximum absolute atomic E-state index is 13.4. The number of aromatic nitrogens is 1. The highest BCUT2D eigenvalue weighted by molar-refractivity contribution is 9.11. The van der Waals surface area contributed by atoms with Crippen molar-refractivity contribution < 1.29 is 9.18 Å². The fraction of sp³-hybridized carbons (Fsp3) is 0. The number of nitrogens with one attached hydrogen (secondary N) is 1. The van der Waals surface area contributed by atoms with E-state index in [1.807, 2.05) is 0 Å². The lowest BCUT2D eigenvalue weighted by Gasteiger charge is -2.08. The van der Waals surface area contributed by atoms with E-state index in [1.165, 1.54) is 12.3 Å². The smallest absolute Gasteiger partial charge is 0.258 e. The Bertz CT molecular complexity index is 604. The van der Waals surface area contributed by atoms with Crippen LogP contribution in [0.4, 0.5) is 10.1 Å². The molecule has 6 heteroatoms. The van der Waals surface area contributed by atoms with E-state index >= 15 is 0 Å². The standard InChI is InChI=1S/C12H7Br2FN2O/c13-7-1-2-11(9(14)5-7)17-12(18)8-3-4-16-6-10(8)15/h1-6H,(H,17,18). The van der Waals surface area contributed by atoms with Crippen LogP contribution in [-0.4, -0.2) is 10.9 Å². The Morgan fingerprint density at radius 1 is 1.28 bits per heavy atom. The Morgan fingerprint density at radius 2 is 2.06 bits per heavy atom. The molecule has 0 aliphatic heterocycles. The molecule has 2 aromatic rings. The van der Waals surface area contributed by atoms with Crippen molar-refractivity contribution in [2.24, 2.45) is 0 Å². The molecule has 0 fully saturated rings. The van der Waals surface area contributed by atoms with Gasteiger partial charge in [-0.3, -0.25) is 9.78 Å². The highest BCUT2D eigenvalue weighted by atomic mass is 79.9. The first-order valence-electron chi connectivity index (χ1n) is 4.94. The zero-order valence-corrected chi connectivity index (χ0v) is 12.1. The normalized spacial score (nSPS) is 10.2. The van der Waals surface area contributed by atoms with E-state index in [0.717, 1.165) is 10.7 Å². The van der Waals surface area contributed by atoms with Crippen LogP contribution in [0.25, 0.3) is 0 Å². The average molecular weight is 374 g/mol. The summed E-state index contributed by atoms with van der Waals surface area (Å²) in [5.74, 6) is -1.17. The van der Waals surface area contributed by atoms with Crippen molar-refractivity contribution in [3.63, 3.8) is 0 Å². The number of rotatable bonds is 2. The van der Waals surface area contributed by atoms with Crippen LogP contribution in [0.1, 0.15) is 10.4 Å². The van der Waals surface area contributed by atoms with Crippen molar-refractivity contribution in [1.29, 1.82) is 0 Å². The van der Waals surface area contributed by atoms with Gasteiger partial charge in [0.2, 0.25) is 0 Å². The van der Waals surface area contributed by atoms with Gasteiger partial charge in [0.1, 0.15) is 0 Å². The fourth-order valence-corrected chi connectivity index (χ4v) is 2.49. The van der Waals surface area contributed by atoms with Gasteiger partial charge in [-0.25, -0.2) is 4.39 Å². The SMILES string of the molecule is O=C(Nc1ccc(Br)cc1Br)c1ccncc1F. The first kappa shape index (κ1) is 13.2. The van der Waals surface area contributed by atoms with E-state index in [1.54, 1.807) is 18.2 Å². The van der Waals surface area contributed by atoms with Crippen LogP contribution in [0.3, 0.4) is 0 Å². The number of benzene rings is 1. The second-order valence-corrected chi connectivity index (χ2v) is 5.20. The van der Waals surface area contributed by atoms with Crippen molar-refractivity contribution in [2.45, 2.75) is 0 Å².